The Balaban J connectivity index is 2.04. The third-order valence-electron chi connectivity index (χ3n) is 2.99. The highest BCUT2D eigenvalue weighted by Crippen LogP contribution is 2.19. The zero-order valence-electron chi connectivity index (χ0n) is 11.8. The average molecular weight is 273 g/mol. The Kier molecular flexibility index (Phi) is 4.90. The third kappa shape index (κ3) is 3.45. The molecule has 2 aromatic heterocycles. The van der Waals surface area contributed by atoms with Gasteiger partial charge in [-0.25, -0.2) is 4.98 Å². The normalized spacial score (nSPS) is 10.5. The van der Waals surface area contributed by atoms with Crippen LogP contribution in [0.3, 0.4) is 0 Å². The number of hydrogen-bond donors (Lipinski definition) is 2. The number of furan rings is 1. The number of aromatic nitrogens is 1. The van der Waals surface area contributed by atoms with Gasteiger partial charge in [-0.15, -0.1) is 0 Å². The molecule has 106 valence electrons. The first-order valence-corrected chi connectivity index (χ1v) is 6.66. The van der Waals surface area contributed by atoms with E-state index in [9.17, 15) is 4.79 Å². The molecule has 0 saturated carbocycles. The van der Waals surface area contributed by atoms with Gasteiger partial charge in [0.05, 0.1) is 17.5 Å². The lowest BCUT2D eigenvalue weighted by Gasteiger charge is -2.08. The van der Waals surface area contributed by atoms with E-state index in [0.29, 0.717) is 23.6 Å². The second kappa shape index (κ2) is 6.86. The van der Waals surface area contributed by atoms with Crippen LogP contribution in [0.5, 0.6) is 0 Å². The summed E-state index contributed by atoms with van der Waals surface area (Å²) < 4.78 is 5.30. The maximum absolute atomic E-state index is 12.0. The fourth-order valence-electron chi connectivity index (χ4n) is 1.92. The molecule has 0 aliphatic carbocycles. The summed E-state index contributed by atoms with van der Waals surface area (Å²) in [6, 6.07) is 7.25. The van der Waals surface area contributed by atoms with Crippen LogP contribution in [0.1, 0.15) is 22.5 Å². The van der Waals surface area contributed by atoms with Crippen LogP contribution < -0.4 is 10.6 Å². The van der Waals surface area contributed by atoms with Crippen LogP contribution in [0.15, 0.2) is 34.9 Å². The number of amides is 1. The van der Waals surface area contributed by atoms with E-state index < -0.39 is 0 Å². The van der Waals surface area contributed by atoms with E-state index in [1.807, 2.05) is 26.1 Å². The predicted molar refractivity (Wildman–Crippen MR) is 77.6 cm³/mol. The number of pyridine rings is 1. The van der Waals surface area contributed by atoms with E-state index in [1.165, 1.54) is 0 Å². The smallest absolute Gasteiger partial charge is 0.253 e. The van der Waals surface area contributed by atoms with Gasteiger partial charge in [0.2, 0.25) is 0 Å². The van der Waals surface area contributed by atoms with Crippen LogP contribution in [0, 0.1) is 6.92 Å². The second-order valence-corrected chi connectivity index (χ2v) is 4.52. The van der Waals surface area contributed by atoms with Crippen molar-refractivity contribution in [2.75, 3.05) is 20.1 Å². The molecule has 2 N–H and O–H groups in total. The summed E-state index contributed by atoms with van der Waals surface area (Å²) in [5.41, 5.74) is 2.04. The van der Waals surface area contributed by atoms with Crippen molar-refractivity contribution in [2.24, 2.45) is 0 Å². The van der Waals surface area contributed by atoms with Crippen molar-refractivity contribution in [3.63, 3.8) is 0 Å². The monoisotopic (exact) mass is 273 g/mol. The van der Waals surface area contributed by atoms with Crippen molar-refractivity contribution >= 4 is 5.91 Å². The lowest BCUT2D eigenvalue weighted by Crippen LogP contribution is -2.27. The molecule has 0 saturated heterocycles. The Morgan fingerprint density at radius 3 is 2.80 bits per heavy atom. The molecule has 5 heteroatoms. The second-order valence-electron chi connectivity index (χ2n) is 4.52. The van der Waals surface area contributed by atoms with Crippen LogP contribution in [0.2, 0.25) is 0 Å². The Bertz CT molecular complexity index is 565. The minimum atomic E-state index is -0.0860. The summed E-state index contributed by atoms with van der Waals surface area (Å²) in [5.74, 6) is 0.617. The zero-order chi connectivity index (χ0) is 14.4. The quantitative estimate of drug-likeness (QED) is 0.790. The van der Waals surface area contributed by atoms with Crippen LogP contribution in [-0.2, 0) is 0 Å². The van der Waals surface area contributed by atoms with Gasteiger partial charge >= 0.3 is 0 Å². The van der Waals surface area contributed by atoms with Gasteiger partial charge in [0.25, 0.3) is 5.91 Å². The fourth-order valence-corrected chi connectivity index (χ4v) is 1.92. The summed E-state index contributed by atoms with van der Waals surface area (Å²) in [7, 11) is 1.89. The van der Waals surface area contributed by atoms with Gasteiger partial charge in [0.15, 0.2) is 5.76 Å². The maximum Gasteiger partial charge on any atom is 0.253 e. The van der Waals surface area contributed by atoms with Crippen molar-refractivity contribution in [1.82, 2.24) is 15.6 Å². The van der Waals surface area contributed by atoms with Crippen LogP contribution in [-0.4, -0.2) is 31.0 Å². The summed E-state index contributed by atoms with van der Waals surface area (Å²) in [4.78, 5) is 16.4. The summed E-state index contributed by atoms with van der Waals surface area (Å²) in [6.07, 6.45) is 2.51. The van der Waals surface area contributed by atoms with Crippen LogP contribution in [0.4, 0.5) is 0 Å². The molecule has 0 aliphatic heterocycles. The van der Waals surface area contributed by atoms with Crippen molar-refractivity contribution in [3.05, 3.63) is 41.8 Å². The van der Waals surface area contributed by atoms with Gasteiger partial charge < -0.3 is 15.1 Å². The molecule has 5 nitrogen and oxygen atoms in total. The van der Waals surface area contributed by atoms with E-state index in [0.717, 1.165) is 18.7 Å². The molecule has 0 bridgehead atoms. The van der Waals surface area contributed by atoms with Gasteiger partial charge in [0, 0.05) is 6.54 Å². The minimum absolute atomic E-state index is 0.0860. The van der Waals surface area contributed by atoms with E-state index in [-0.39, 0.29) is 5.91 Å². The summed E-state index contributed by atoms with van der Waals surface area (Å²) in [6.45, 7) is 3.36. The first kappa shape index (κ1) is 14.3. The molecule has 0 aromatic carbocycles. The summed E-state index contributed by atoms with van der Waals surface area (Å²) >= 11 is 0. The molecule has 20 heavy (non-hydrogen) atoms. The highest BCUT2D eigenvalue weighted by molar-refractivity contribution is 5.95. The molecule has 1 amide bonds. The number of aryl methyl sites for hydroxylation is 1. The third-order valence-corrected chi connectivity index (χ3v) is 2.99. The number of carbonyl (C=O) groups is 1. The summed E-state index contributed by atoms with van der Waals surface area (Å²) in [5, 5.41) is 5.93. The van der Waals surface area contributed by atoms with Crippen molar-refractivity contribution < 1.29 is 9.21 Å². The Labute approximate surface area is 118 Å². The van der Waals surface area contributed by atoms with Gasteiger partial charge in [0.1, 0.15) is 5.69 Å². The number of hydrogen-bond acceptors (Lipinski definition) is 4. The maximum atomic E-state index is 12.0. The molecular weight excluding hydrogens is 254 g/mol. The molecular formula is C15H19N3O2. The Morgan fingerprint density at radius 1 is 1.30 bits per heavy atom. The zero-order valence-corrected chi connectivity index (χ0v) is 11.8. The average Bonchev–Trinajstić information content (AvgIpc) is 2.97. The molecule has 0 radical (unpaired) electrons. The van der Waals surface area contributed by atoms with Crippen LogP contribution >= 0.6 is 0 Å². The van der Waals surface area contributed by atoms with Gasteiger partial charge in [-0.3, -0.25) is 4.79 Å². The predicted octanol–water partition coefficient (Wildman–Crippen LogP) is 1.99. The van der Waals surface area contributed by atoms with Gasteiger partial charge in [-0.2, -0.15) is 0 Å². The Morgan fingerprint density at radius 2 is 2.15 bits per heavy atom. The number of carbonyl (C=O) groups excluding carboxylic acids is 1. The van der Waals surface area contributed by atoms with Crippen molar-refractivity contribution in [2.45, 2.75) is 13.3 Å². The highest BCUT2D eigenvalue weighted by Gasteiger charge is 2.11. The first-order valence-electron chi connectivity index (χ1n) is 6.66. The van der Waals surface area contributed by atoms with Crippen molar-refractivity contribution in [3.8, 4) is 11.5 Å². The molecule has 0 unspecified atom stereocenters. The Hall–Kier alpha value is -2.14. The number of nitrogens with zero attached hydrogens (tertiary/aromatic N) is 1. The molecule has 0 atom stereocenters. The number of rotatable bonds is 6. The lowest BCUT2D eigenvalue weighted by atomic mass is 10.1. The van der Waals surface area contributed by atoms with E-state index in [4.69, 9.17) is 4.42 Å². The molecule has 0 spiro atoms. The molecule has 0 aliphatic rings. The SMILES string of the molecule is CNCCCNC(=O)c1ccc(-c2ccco2)nc1C. The molecule has 2 aromatic rings. The molecule has 2 heterocycles. The van der Waals surface area contributed by atoms with E-state index in [2.05, 4.69) is 15.6 Å². The van der Waals surface area contributed by atoms with E-state index >= 15 is 0 Å². The molecule has 2 rings (SSSR count). The first-order chi connectivity index (χ1) is 9.72. The van der Waals surface area contributed by atoms with Gasteiger partial charge in [-0.05, 0) is 51.2 Å². The topological polar surface area (TPSA) is 67.2 Å². The minimum Gasteiger partial charge on any atom is -0.463 e. The van der Waals surface area contributed by atoms with Crippen molar-refractivity contribution in [1.29, 1.82) is 0 Å². The largest absolute Gasteiger partial charge is 0.463 e. The lowest BCUT2D eigenvalue weighted by molar-refractivity contribution is 0.0952. The fraction of sp³-hybridized carbons (Fsp3) is 0.333. The standard InChI is InChI=1S/C15H19N3O2/c1-11-12(15(19)17-9-4-8-16-2)6-7-13(18-11)14-5-3-10-20-14/h3,5-7,10,16H,4,8-9H2,1-2H3,(H,17,19). The van der Waals surface area contributed by atoms with Crippen LogP contribution in [0.25, 0.3) is 11.5 Å². The highest BCUT2D eigenvalue weighted by atomic mass is 16.3. The van der Waals surface area contributed by atoms with E-state index in [1.54, 1.807) is 18.4 Å². The van der Waals surface area contributed by atoms with Gasteiger partial charge in [-0.1, -0.05) is 0 Å². The molecule has 0 fully saturated rings. The number of nitrogens with one attached hydrogen (secondary N) is 2.